The largest absolute Gasteiger partial charge is 0.493 e. The summed E-state index contributed by atoms with van der Waals surface area (Å²) in [7, 11) is 4.76. The van der Waals surface area contributed by atoms with Crippen LogP contribution >= 0.6 is 24.0 Å². The predicted octanol–water partition coefficient (Wildman–Crippen LogP) is 3.34. The van der Waals surface area contributed by atoms with Crippen molar-refractivity contribution in [2.45, 2.75) is 26.9 Å². The molecule has 0 saturated carbocycles. The molecular weight excluding hydrogens is 523 g/mol. The lowest BCUT2D eigenvalue weighted by atomic mass is 10.1. The first-order valence-corrected chi connectivity index (χ1v) is 10.2. The van der Waals surface area contributed by atoms with Crippen LogP contribution in [0.5, 0.6) is 17.2 Å². The van der Waals surface area contributed by atoms with Gasteiger partial charge >= 0.3 is 0 Å². The number of nitrogens with one attached hydrogen (secondary N) is 3. The van der Waals surface area contributed by atoms with Crippen LogP contribution in [0.25, 0.3) is 0 Å². The van der Waals surface area contributed by atoms with E-state index in [4.69, 9.17) is 14.2 Å². The monoisotopic (exact) mass is 556 g/mol. The van der Waals surface area contributed by atoms with Crippen molar-refractivity contribution >= 4 is 35.8 Å². The molecule has 32 heavy (non-hydrogen) atoms. The van der Waals surface area contributed by atoms with Crippen LogP contribution in [0.2, 0.25) is 0 Å². The number of hydrogen-bond acceptors (Lipinski definition) is 5. The Bertz CT molecular complexity index is 863. The highest BCUT2D eigenvalue weighted by atomic mass is 127. The van der Waals surface area contributed by atoms with E-state index in [1.165, 1.54) is 0 Å². The Hall–Kier alpha value is -2.69. The number of amides is 1. The minimum Gasteiger partial charge on any atom is -0.493 e. The van der Waals surface area contributed by atoms with Crippen LogP contribution in [0.3, 0.4) is 0 Å². The first-order valence-electron chi connectivity index (χ1n) is 10.2. The van der Waals surface area contributed by atoms with Crippen molar-refractivity contribution in [3.05, 3.63) is 53.1 Å². The molecule has 0 spiro atoms. The van der Waals surface area contributed by atoms with Crippen molar-refractivity contribution in [2.75, 3.05) is 34.4 Å². The highest BCUT2D eigenvalue weighted by Crippen LogP contribution is 2.38. The maximum Gasteiger partial charge on any atom is 0.251 e. The molecule has 0 aliphatic carbocycles. The fourth-order valence-corrected chi connectivity index (χ4v) is 2.96. The zero-order valence-electron chi connectivity index (χ0n) is 19.3. The highest BCUT2D eigenvalue weighted by Gasteiger charge is 2.13. The van der Waals surface area contributed by atoms with E-state index >= 15 is 0 Å². The van der Waals surface area contributed by atoms with E-state index in [1.807, 2.05) is 50.2 Å². The molecule has 8 nitrogen and oxygen atoms in total. The molecule has 0 heterocycles. The van der Waals surface area contributed by atoms with E-state index in [-0.39, 0.29) is 29.9 Å². The van der Waals surface area contributed by atoms with E-state index in [9.17, 15) is 4.79 Å². The summed E-state index contributed by atoms with van der Waals surface area (Å²) >= 11 is 0. The van der Waals surface area contributed by atoms with Gasteiger partial charge in [0.05, 0.1) is 27.9 Å². The molecule has 2 aromatic carbocycles. The molecule has 0 aliphatic rings. The van der Waals surface area contributed by atoms with Gasteiger partial charge in [-0.05, 0) is 49.2 Å². The van der Waals surface area contributed by atoms with Crippen molar-refractivity contribution in [3.8, 4) is 17.2 Å². The maximum absolute atomic E-state index is 11.9. The molecule has 1 amide bonds. The van der Waals surface area contributed by atoms with E-state index in [1.54, 1.807) is 21.3 Å². The summed E-state index contributed by atoms with van der Waals surface area (Å²) in [6.45, 7) is 6.26. The van der Waals surface area contributed by atoms with Gasteiger partial charge in [-0.1, -0.05) is 12.1 Å². The summed E-state index contributed by atoms with van der Waals surface area (Å²) in [6.07, 6.45) is 0. The van der Waals surface area contributed by atoms with Crippen LogP contribution in [-0.4, -0.2) is 46.3 Å². The highest BCUT2D eigenvalue weighted by molar-refractivity contribution is 14.0. The molecule has 9 heteroatoms. The quantitative estimate of drug-likeness (QED) is 0.236. The van der Waals surface area contributed by atoms with Crippen LogP contribution in [0.1, 0.15) is 35.3 Å². The summed E-state index contributed by atoms with van der Waals surface area (Å²) in [5.74, 6) is 2.36. The molecular formula is C23H33IN4O4. The molecule has 0 aromatic heterocycles. The van der Waals surface area contributed by atoms with Crippen LogP contribution in [0.4, 0.5) is 0 Å². The minimum absolute atomic E-state index is 0. The Balaban J connectivity index is 0.00000512. The fraction of sp³-hybridized carbons (Fsp3) is 0.391. The Labute approximate surface area is 207 Å². The molecule has 176 valence electrons. The number of hydrogen-bond donors (Lipinski definition) is 3. The molecule has 0 saturated heterocycles. The molecule has 0 bridgehead atoms. The van der Waals surface area contributed by atoms with Crippen molar-refractivity contribution in [1.82, 2.24) is 16.0 Å². The lowest BCUT2D eigenvalue weighted by Gasteiger charge is -2.14. The summed E-state index contributed by atoms with van der Waals surface area (Å²) in [5, 5.41) is 9.34. The number of carbonyl (C=O) groups is 1. The normalized spacial score (nSPS) is 10.6. The second kappa shape index (κ2) is 14.4. The summed E-state index contributed by atoms with van der Waals surface area (Å²) < 4.78 is 16.2. The maximum atomic E-state index is 11.9. The number of ether oxygens (including phenoxy) is 3. The van der Waals surface area contributed by atoms with Crippen molar-refractivity contribution in [2.24, 2.45) is 4.99 Å². The van der Waals surface area contributed by atoms with E-state index in [0.717, 1.165) is 17.7 Å². The van der Waals surface area contributed by atoms with Crippen LogP contribution in [-0.2, 0) is 13.1 Å². The van der Waals surface area contributed by atoms with Gasteiger partial charge in [-0.25, -0.2) is 4.99 Å². The Morgan fingerprint density at radius 1 is 0.844 bits per heavy atom. The van der Waals surface area contributed by atoms with Gasteiger partial charge in [-0.15, -0.1) is 24.0 Å². The second-order valence-corrected chi connectivity index (χ2v) is 6.64. The number of carbonyl (C=O) groups excluding carboxylic acids is 1. The van der Waals surface area contributed by atoms with Gasteiger partial charge in [-0.2, -0.15) is 0 Å². The summed E-state index contributed by atoms with van der Waals surface area (Å²) in [6, 6.07) is 11.3. The van der Waals surface area contributed by atoms with Gasteiger partial charge in [0.25, 0.3) is 5.91 Å². The minimum atomic E-state index is -0.0674. The number of benzene rings is 2. The van der Waals surface area contributed by atoms with Gasteiger partial charge in [0.15, 0.2) is 17.5 Å². The zero-order valence-corrected chi connectivity index (χ0v) is 21.6. The molecule has 3 N–H and O–H groups in total. The number of halogens is 1. The van der Waals surface area contributed by atoms with Gasteiger partial charge < -0.3 is 30.2 Å². The second-order valence-electron chi connectivity index (χ2n) is 6.64. The summed E-state index contributed by atoms with van der Waals surface area (Å²) in [5.41, 5.74) is 2.62. The zero-order chi connectivity index (χ0) is 22.6. The third-order valence-corrected chi connectivity index (χ3v) is 4.50. The predicted molar refractivity (Wildman–Crippen MR) is 138 cm³/mol. The van der Waals surface area contributed by atoms with Crippen molar-refractivity contribution in [3.63, 3.8) is 0 Å². The average molecular weight is 556 g/mol. The Morgan fingerprint density at radius 2 is 1.44 bits per heavy atom. The Kier molecular flexibility index (Phi) is 12.3. The molecule has 2 aromatic rings. The van der Waals surface area contributed by atoms with Crippen LogP contribution < -0.4 is 30.2 Å². The van der Waals surface area contributed by atoms with Gasteiger partial charge in [0, 0.05) is 25.2 Å². The third kappa shape index (κ3) is 7.77. The number of nitrogens with zero attached hydrogens (tertiary/aromatic N) is 1. The first kappa shape index (κ1) is 27.3. The van der Waals surface area contributed by atoms with Gasteiger partial charge in [0.1, 0.15) is 0 Å². The molecule has 0 unspecified atom stereocenters. The summed E-state index contributed by atoms with van der Waals surface area (Å²) in [4.78, 5) is 16.5. The number of guanidine groups is 1. The smallest absolute Gasteiger partial charge is 0.251 e. The molecule has 0 radical (unpaired) electrons. The number of rotatable bonds is 10. The van der Waals surface area contributed by atoms with Gasteiger partial charge in [-0.3, -0.25) is 4.79 Å². The molecule has 0 atom stereocenters. The van der Waals surface area contributed by atoms with Gasteiger partial charge in [0.2, 0.25) is 5.75 Å². The lowest BCUT2D eigenvalue weighted by Crippen LogP contribution is -2.36. The SMILES string of the molecule is CCNC(=O)c1ccc(CNC(=NCc2cc(OC)c(OC)c(OC)c2)NCC)cc1.I. The van der Waals surface area contributed by atoms with E-state index in [2.05, 4.69) is 20.9 Å². The standard InChI is InChI=1S/C23H32N4O4.HI/c1-6-24-22(28)18-10-8-16(9-11-18)14-26-23(25-7-2)27-15-17-12-19(29-3)21(31-5)20(13-17)30-4;/h8-13H,6-7,14-15H2,1-5H3,(H,24,28)(H2,25,26,27);1H. The van der Waals surface area contributed by atoms with Crippen LogP contribution in [0, 0.1) is 0 Å². The third-order valence-electron chi connectivity index (χ3n) is 4.50. The first-order chi connectivity index (χ1) is 15.1. The fourth-order valence-electron chi connectivity index (χ4n) is 2.96. The number of aliphatic imine (C=N–C) groups is 1. The van der Waals surface area contributed by atoms with Crippen molar-refractivity contribution in [1.29, 1.82) is 0 Å². The molecule has 0 fully saturated rings. The van der Waals surface area contributed by atoms with E-state index < -0.39 is 0 Å². The Morgan fingerprint density at radius 3 is 1.94 bits per heavy atom. The molecule has 0 aliphatic heterocycles. The topological polar surface area (TPSA) is 93.2 Å². The average Bonchev–Trinajstić information content (AvgIpc) is 2.80. The lowest BCUT2D eigenvalue weighted by molar-refractivity contribution is 0.0956. The van der Waals surface area contributed by atoms with Crippen molar-refractivity contribution < 1.29 is 19.0 Å². The van der Waals surface area contributed by atoms with Crippen LogP contribution in [0.15, 0.2) is 41.4 Å². The molecule has 2 rings (SSSR count). The number of methoxy groups -OCH3 is 3. The van der Waals surface area contributed by atoms with E-state index in [0.29, 0.717) is 48.4 Å².